The van der Waals surface area contributed by atoms with E-state index < -0.39 is 82.9 Å². The Bertz CT molecular complexity index is 2250. The fraction of sp³-hybridized carbons (Fsp3) is 0.520. The molecule has 19 nitrogen and oxygen atoms in total. The van der Waals surface area contributed by atoms with Gasteiger partial charge in [-0.05, 0) is 131 Å². The molecule has 0 aliphatic carbocycles. The van der Waals surface area contributed by atoms with Gasteiger partial charge in [0.25, 0.3) is 11.8 Å². The Kier molecular flexibility index (Phi) is 20.8. The Morgan fingerprint density at radius 3 is 1.99 bits per heavy atom. The number of hydrogen-bond donors (Lipinski definition) is 4. The number of nitrogens with zero attached hydrogens (tertiary/aromatic N) is 1. The van der Waals surface area contributed by atoms with Gasteiger partial charge in [-0.1, -0.05) is 39.2 Å². The normalized spacial score (nSPS) is 12.8. The molecule has 69 heavy (non-hydrogen) atoms. The summed E-state index contributed by atoms with van der Waals surface area (Å²) in [6, 6.07) is 11.0. The number of hydroxylamine groups is 2. The van der Waals surface area contributed by atoms with Gasteiger partial charge in [0, 0.05) is 11.3 Å². The minimum Gasteiger partial charge on any atom is -0.493 e. The molecule has 0 spiro atoms. The molecule has 378 valence electrons. The Labute approximate surface area is 404 Å². The molecule has 0 unspecified atom stereocenters. The van der Waals surface area contributed by atoms with Gasteiger partial charge < -0.3 is 44.2 Å². The van der Waals surface area contributed by atoms with Crippen LogP contribution in [0.25, 0.3) is 11.3 Å². The number of anilines is 1. The second-order valence-corrected chi connectivity index (χ2v) is 19.0. The number of nitrogens with one attached hydrogen (secondary N) is 4. The number of esters is 2. The number of rotatable bonds is 23. The van der Waals surface area contributed by atoms with Crippen molar-refractivity contribution in [2.75, 3.05) is 18.6 Å². The van der Waals surface area contributed by atoms with Crippen molar-refractivity contribution < 1.29 is 66.6 Å². The summed E-state index contributed by atoms with van der Waals surface area (Å²) < 4.78 is 27.8. The van der Waals surface area contributed by atoms with E-state index in [9.17, 15) is 38.4 Å². The molecule has 4 N–H and O–H groups in total. The number of ether oxygens (including phenoxy) is 4. The van der Waals surface area contributed by atoms with E-state index in [4.69, 9.17) is 28.2 Å². The highest BCUT2D eigenvalue weighted by Gasteiger charge is 2.35. The molecule has 1 heterocycles. The molecule has 0 fully saturated rings. The molecule has 0 aliphatic heterocycles. The maximum atomic E-state index is 13.7. The van der Waals surface area contributed by atoms with E-state index in [1.165, 1.54) is 48.5 Å². The summed E-state index contributed by atoms with van der Waals surface area (Å²) >= 11 is 0. The summed E-state index contributed by atoms with van der Waals surface area (Å²) in [5.74, 6) is -4.83. The number of hydrogen-bond acceptors (Lipinski definition) is 14. The maximum Gasteiger partial charge on any atom is 0.412 e. The SMILES string of the molecule is CCCCC[C@@H](C(=O)NCNC(=O)c1ccc(-c2ccc(C(=O)N[C@@H](CC(=O)OC(C)(C)C)C(=O)OC(C)(C)C)c(OCC)c2)o1)[C@@H](CC)N(C=O)OC(=O)c1ccc(NC(=O)OC(C)(C)C)cc1. The summed E-state index contributed by atoms with van der Waals surface area (Å²) in [4.78, 5) is 110. The summed E-state index contributed by atoms with van der Waals surface area (Å²) in [5, 5.41) is 11.3. The standard InChI is InChI=1S/C50H69N5O14/c1-13-16-17-18-34(37(14-2)55(30-56)69-45(61)31-19-22-33(23-20-31)53-47(63)68-50(10,11)12)42(58)51-29-52-44(60)39-26-25-38(65-39)32-21-24-35(40(27-32)64-15-3)43(59)54-36(46(62)67-49(7,8)9)28-41(57)66-48(4,5)6/h19-27,30,34,36-37H,13-18,28-29H2,1-12H3,(H,51,58)(H,52,60)(H,53,63)(H,54,59)/t34-,36+,37-/m1/s1. The third kappa shape index (κ3) is 18.9. The van der Waals surface area contributed by atoms with Gasteiger partial charge in [-0.25, -0.2) is 14.4 Å². The van der Waals surface area contributed by atoms with E-state index in [0.29, 0.717) is 30.5 Å². The lowest BCUT2D eigenvalue weighted by Crippen LogP contribution is -2.49. The van der Waals surface area contributed by atoms with Gasteiger partial charge in [0.1, 0.15) is 34.4 Å². The first kappa shape index (κ1) is 56.4. The first-order valence-electron chi connectivity index (χ1n) is 23.0. The topological polar surface area (TPSA) is 247 Å². The monoisotopic (exact) mass is 963 g/mol. The van der Waals surface area contributed by atoms with Crippen LogP contribution in [0.15, 0.2) is 59.0 Å². The van der Waals surface area contributed by atoms with Crippen LogP contribution in [0.5, 0.6) is 5.75 Å². The molecular weight excluding hydrogens is 895 g/mol. The molecule has 0 saturated heterocycles. The largest absolute Gasteiger partial charge is 0.493 e. The molecule has 3 atom stereocenters. The minimum atomic E-state index is -1.37. The van der Waals surface area contributed by atoms with Crippen molar-refractivity contribution in [1.82, 2.24) is 21.0 Å². The zero-order chi connectivity index (χ0) is 51.7. The van der Waals surface area contributed by atoms with Crippen molar-refractivity contribution in [3.05, 3.63) is 71.5 Å². The van der Waals surface area contributed by atoms with Crippen LogP contribution in [0.3, 0.4) is 0 Å². The molecule has 0 radical (unpaired) electrons. The molecule has 0 saturated carbocycles. The van der Waals surface area contributed by atoms with E-state index in [2.05, 4.69) is 21.3 Å². The van der Waals surface area contributed by atoms with Crippen molar-refractivity contribution in [2.24, 2.45) is 5.92 Å². The lowest BCUT2D eigenvalue weighted by atomic mass is 9.90. The zero-order valence-corrected chi connectivity index (χ0v) is 41.8. The van der Waals surface area contributed by atoms with E-state index in [-0.39, 0.29) is 48.1 Å². The van der Waals surface area contributed by atoms with Crippen molar-refractivity contribution in [3.8, 4) is 17.1 Å². The molecular formula is C50H69N5O14. The Morgan fingerprint density at radius 1 is 0.754 bits per heavy atom. The zero-order valence-electron chi connectivity index (χ0n) is 41.8. The van der Waals surface area contributed by atoms with Gasteiger partial charge in [-0.15, -0.1) is 0 Å². The molecule has 2 aromatic carbocycles. The van der Waals surface area contributed by atoms with Gasteiger partial charge in [0.15, 0.2) is 5.76 Å². The number of amides is 5. The Morgan fingerprint density at radius 2 is 1.41 bits per heavy atom. The van der Waals surface area contributed by atoms with Crippen molar-refractivity contribution in [3.63, 3.8) is 0 Å². The van der Waals surface area contributed by atoms with Crippen LogP contribution in [-0.4, -0.2) is 95.4 Å². The van der Waals surface area contributed by atoms with E-state index >= 15 is 0 Å². The van der Waals surface area contributed by atoms with Crippen LogP contribution in [0.1, 0.15) is 153 Å². The highest BCUT2D eigenvalue weighted by molar-refractivity contribution is 6.00. The van der Waals surface area contributed by atoms with Crippen LogP contribution in [-0.2, 0) is 38.2 Å². The second kappa shape index (κ2) is 25.4. The van der Waals surface area contributed by atoms with Gasteiger partial charge in [0.05, 0.1) is 42.8 Å². The minimum absolute atomic E-state index is 0.0483. The van der Waals surface area contributed by atoms with Gasteiger partial charge in [0.2, 0.25) is 12.3 Å². The Hall–Kier alpha value is -6.92. The van der Waals surface area contributed by atoms with E-state index in [1.54, 1.807) is 82.2 Å². The van der Waals surface area contributed by atoms with Crippen molar-refractivity contribution in [1.29, 1.82) is 0 Å². The van der Waals surface area contributed by atoms with Crippen LogP contribution in [0.4, 0.5) is 10.5 Å². The van der Waals surface area contributed by atoms with Gasteiger partial charge >= 0.3 is 24.0 Å². The van der Waals surface area contributed by atoms with Gasteiger partial charge in [-0.3, -0.25) is 29.3 Å². The van der Waals surface area contributed by atoms with E-state index in [1.807, 2.05) is 6.92 Å². The van der Waals surface area contributed by atoms with Gasteiger partial charge in [-0.2, -0.15) is 5.06 Å². The first-order chi connectivity index (χ1) is 32.3. The lowest BCUT2D eigenvalue weighted by Gasteiger charge is -2.31. The van der Waals surface area contributed by atoms with E-state index in [0.717, 1.165) is 17.9 Å². The average Bonchev–Trinajstić information content (AvgIpc) is 3.74. The smallest absolute Gasteiger partial charge is 0.412 e. The number of furan rings is 1. The number of benzene rings is 2. The average molecular weight is 964 g/mol. The Balaban J connectivity index is 1.71. The molecule has 0 bridgehead atoms. The maximum absolute atomic E-state index is 13.7. The third-order valence-corrected chi connectivity index (χ3v) is 9.66. The molecule has 3 aromatic rings. The van der Waals surface area contributed by atoms with Crippen molar-refractivity contribution in [2.45, 2.75) is 150 Å². The van der Waals surface area contributed by atoms with Crippen LogP contribution in [0.2, 0.25) is 0 Å². The quantitative estimate of drug-likeness (QED) is 0.0176. The highest BCUT2D eigenvalue weighted by atomic mass is 16.7. The summed E-state index contributed by atoms with van der Waals surface area (Å²) in [6.07, 6.45) is 2.08. The third-order valence-electron chi connectivity index (χ3n) is 9.66. The summed E-state index contributed by atoms with van der Waals surface area (Å²) in [7, 11) is 0. The van der Waals surface area contributed by atoms with Crippen LogP contribution in [0, 0.1) is 5.92 Å². The molecule has 19 heteroatoms. The van der Waals surface area contributed by atoms with Crippen LogP contribution >= 0.6 is 0 Å². The first-order valence-corrected chi connectivity index (χ1v) is 23.0. The molecule has 1 aromatic heterocycles. The molecule has 3 rings (SSSR count). The fourth-order valence-electron chi connectivity index (χ4n) is 6.72. The number of unbranched alkanes of at least 4 members (excludes halogenated alkanes) is 2. The second-order valence-electron chi connectivity index (χ2n) is 19.0. The number of carbonyl (C=O) groups excluding carboxylic acids is 8. The predicted molar refractivity (Wildman–Crippen MR) is 255 cm³/mol. The predicted octanol–water partition coefficient (Wildman–Crippen LogP) is 7.87. The summed E-state index contributed by atoms with van der Waals surface area (Å²) in [5.41, 5.74) is -1.51. The molecule has 0 aliphatic rings. The summed E-state index contributed by atoms with van der Waals surface area (Å²) in [6.45, 7) is 20.5. The highest BCUT2D eigenvalue weighted by Crippen LogP contribution is 2.30. The van der Waals surface area contributed by atoms with Crippen molar-refractivity contribution >= 4 is 53.8 Å². The fourth-order valence-corrected chi connectivity index (χ4v) is 6.72. The van der Waals surface area contributed by atoms with Crippen LogP contribution < -0.4 is 26.0 Å². The lowest BCUT2D eigenvalue weighted by molar-refractivity contribution is -0.171. The number of carbonyl (C=O) groups is 8. The molecule has 5 amide bonds.